The van der Waals surface area contributed by atoms with Gasteiger partial charge in [-0.1, -0.05) is 18.2 Å². The third-order valence-corrected chi connectivity index (χ3v) is 6.45. The van der Waals surface area contributed by atoms with Gasteiger partial charge in [0.25, 0.3) is 5.91 Å². The molecule has 138 valence electrons. The highest BCUT2D eigenvalue weighted by Crippen LogP contribution is 2.32. The van der Waals surface area contributed by atoms with Gasteiger partial charge in [0, 0.05) is 56.2 Å². The first-order chi connectivity index (χ1) is 12.5. The molecule has 0 radical (unpaired) electrons. The third-order valence-electron chi connectivity index (χ3n) is 6.45. The summed E-state index contributed by atoms with van der Waals surface area (Å²) >= 11 is 0. The van der Waals surface area contributed by atoms with Crippen LogP contribution in [0.3, 0.4) is 0 Å². The van der Waals surface area contributed by atoms with E-state index in [0.717, 1.165) is 54.5 Å². The molecular formula is C21H27N3O2. The maximum Gasteiger partial charge on any atom is 0.256 e. The molecule has 0 spiro atoms. The van der Waals surface area contributed by atoms with Gasteiger partial charge in [-0.3, -0.25) is 9.59 Å². The molecule has 1 aromatic heterocycles. The Labute approximate surface area is 154 Å². The Hall–Kier alpha value is -2.30. The lowest BCUT2D eigenvalue weighted by Gasteiger charge is -2.41. The number of nitrogens with zero attached hydrogens (tertiary/aromatic N) is 3. The largest absolute Gasteiger partial charge is 0.347 e. The number of carbonyl (C=O) groups is 2. The predicted molar refractivity (Wildman–Crippen MR) is 102 cm³/mol. The molecule has 26 heavy (non-hydrogen) atoms. The summed E-state index contributed by atoms with van der Waals surface area (Å²) in [5.41, 5.74) is 2.95. The van der Waals surface area contributed by atoms with Crippen LogP contribution in [0.25, 0.3) is 10.9 Å². The monoisotopic (exact) mass is 353 g/mol. The normalized spacial score (nSPS) is 23.9. The van der Waals surface area contributed by atoms with Gasteiger partial charge >= 0.3 is 0 Å². The lowest BCUT2D eigenvalue weighted by molar-refractivity contribution is -0.132. The van der Waals surface area contributed by atoms with Crippen molar-refractivity contribution in [2.24, 2.45) is 13.0 Å². The Morgan fingerprint density at radius 2 is 1.92 bits per heavy atom. The number of amides is 2. The molecular weight excluding hydrogens is 326 g/mol. The SMILES string of the molecule is Cc1c(C(=O)N2CC[C@@H]3[C@H](CCCC(=O)N3C)C2)c2ccccc2n1C. The van der Waals surface area contributed by atoms with Crippen molar-refractivity contribution in [3.05, 3.63) is 35.5 Å². The number of benzene rings is 1. The zero-order valence-electron chi connectivity index (χ0n) is 15.9. The van der Waals surface area contributed by atoms with Crippen LogP contribution in [0, 0.1) is 12.8 Å². The van der Waals surface area contributed by atoms with E-state index in [-0.39, 0.29) is 17.9 Å². The van der Waals surface area contributed by atoms with E-state index in [2.05, 4.69) is 10.6 Å². The Kier molecular flexibility index (Phi) is 4.25. The quantitative estimate of drug-likeness (QED) is 0.791. The molecule has 5 nitrogen and oxygen atoms in total. The average Bonchev–Trinajstić information content (AvgIpc) is 2.81. The first-order valence-electron chi connectivity index (χ1n) is 9.58. The highest BCUT2D eigenvalue weighted by atomic mass is 16.2. The molecule has 2 aliphatic heterocycles. The second kappa shape index (κ2) is 6.45. The van der Waals surface area contributed by atoms with Crippen LogP contribution >= 0.6 is 0 Å². The molecule has 3 heterocycles. The van der Waals surface area contributed by atoms with Gasteiger partial charge in [0.05, 0.1) is 5.56 Å². The van der Waals surface area contributed by atoms with Crippen LogP contribution in [0.4, 0.5) is 0 Å². The van der Waals surface area contributed by atoms with Crippen molar-refractivity contribution in [2.75, 3.05) is 20.1 Å². The second-order valence-corrected chi connectivity index (χ2v) is 7.80. The van der Waals surface area contributed by atoms with Gasteiger partial charge < -0.3 is 14.4 Å². The predicted octanol–water partition coefficient (Wildman–Crippen LogP) is 2.96. The molecule has 2 saturated heterocycles. The van der Waals surface area contributed by atoms with E-state index in [1.165, 1.54) is 0 Å². The Morgan fingerprint density at radius 3 is 2.73 bits per heavy atom. The first-order valence-corrected chi connectivity index (χ1v) is 9.58. The molecule has 4 rings (SSSR count). The van der Waals surface area contributed by atoms with Crippen LogP contribution < -0.4 is 0 Å². The van der Waals surface area contributed by atoms with E-state index in [1.54, 1.807) is 0 Å². The maximum absolute atomic E-state index is 13.4. The van der Waals surface area contributed by atoms with E-state index < -0.39 is 0 Å². The molecule has 0 N–H and O–H groups in total. The lowest BCUT2D eigenvalue weighted by atomic mass is 9.88. The zero-order chi connectivity index (χ0) is 18.4. The van der Waals surface area contributed by atoms with Gasteiger partial charge in [0.15, 0.2) is 0 Å². The molecule has 5 heteroatoms. The molecule has 0 bridgehead atoms. The standard InChI is InChI=1S/C21H27N3O2/c1-14-20(16-8-4-5-9-18(16)22(14)2)21(26)24-12-11-17-15(13-24)7-6-10-19(25)23(17)3/h4-5,8-9,15,17H,6-7,10-13H2,1-3H3/t15-,17-/m1/s1. The van der Waals surface area contributed by atoms with Crippen molar-refractivity contribution in [1.29, 1.82) is 0 Å². The van der Waals surface area contributed by atoms with Crippen LogP contribution in [0.2, 0.25) is 0 Å². The minimum Gasteiger partial charge on any atom is -0.347 e. The smallest absolute Gasteiger partial charge is 0.256 e. The first kappa shape index (κ1) is 17.1. The van der Waals surface area contributed by atoms with Crippen LogP contribution in [-0.4, -0.2) is 52.4 Å². The summed E-state index contributed by atoms with van der Waals surface area (Å²) in [5, 5.41) is 1.03. The van der Waals surface area contributed by atoms with Crippen molar-refractivity contribution in [3.8, 4) is 0 Å². The molecule has 0 saturated carbocycles. The summed E-state index contributed by atoms with van der Waals surface area (Å²) in [6.45, 7) is 3.50. The fourth-order valence-corrected chi connectivity index (χ4v) is 4.82. The number of carbonyl (C=O) groups excluding carboxylic acids is 2. The number of aryl methyl sites for hydroxylation is 1. The van der Waals surface area contributed by atoms with Crippen molar-refractivity contribution >= 4 is 22.7 Å². The molecule has 0 unspecified atom stereocenters. The number of rotatable bonds is 1. The van der Waals surface area contributed by atoms with Gasteiger partial charge in [-0.2, -0.15) is 0 Å². The van der Waals surface area contributed by atoms with E-state index in [4.69, 9.17) is 0 Å². The Bertz CT molecular complexity index is 870. The van der Waals surface area contributed by atoms with Gasteiger partial charge in [0.1, 0.15) is 0 Å². The lowest BCUT2D eigenvalue weighted by Crippen LogP contribution is -2.51. The molecule has 2 fully saturated rings. The summed E-state index contributed by atoms with van der Waals surface area (Å²) in [5.74, 6) is 0.776. The Balaban J connectivity index is 1.63. The minimum absolute atomic E-state index is 0.135. The van der Waals surface area contributed by atoms with E-state index in [1.807, 2.05) is 49.0 Å². The number of piperidine rings is 1. The van der Waals surface area contributed by atoms with Gasteiger partial charge in [-0.25, -0.2) is 0 Å². The molecule has 2 amide bonds. The number of para-hydroxylation sites is 1. The number of hydrogen-bond acceptors (Lipinski definition) is 2. The number of fused-ring (bicyclic) bond motifs is 2. The minimum atomic E-state index is 0.135. The summed E-state index contributed by atoms with van der Waals surface area (Å²) in [4.78, 5) is 29.5. The summed E-state index contributed by atoms with van der Waals surface area (Å²) in [6.07, 6.45) is 3.47. The zero-order valence-corrected chi connectivity index (χ0v) is 15.9. The number of hydrogen-bond donors (Lipinski definition) is 0. The van der Waals surface area contributed by atoms with Crippen molar-refractivity contribution in [2.45, 2.75) is 38.6 Å². The second-order valence-electron chi connectivity index (χ2n) is 7.80. The van der Waals surface area contributed by atoms with Crippen LogP contribution in [-0.2, 0) is 11.8 Å². The Morgan fingerprint density at radius 1 is 1.15 bits per heavy atom. The highest BCUT2D eigenvalue weighted by Gasteiger charge is 2.37. The summed E-state index contributed by atoms with van der Waals surface area (Å²) < 4.78 is 2.10. The van der Waals surface area contributed by atoms with Gasteiger partial charge in [-0.05, 0) is 38.2 Å². The topological polar surface area (TPSA) is 45.6 Å². The van der Waals surface area contributed by atoms with Gasteiger partial charge in [0.2, 0.25) is 5.91 Å². The molecule has 0 aliphatic carbocycles. The summed E-state index contributed by atoms with van der Waals surface area (Å²) in [7, 11) is 3.95. The fourth-order valence-electron chi connectivity index (χ4n) is 4.82. The maximum atomic E-state index is 13.4. The van der Waals surface area contributed by atoms with Crippen LogP contribution in [0.15, 0.2) is 24.3 Å². The van der Waals surface area contributed by atoms with E-state index in [9.17, 15) is 9.59 Å². The van der Waals surface area contributed by atoms with Gasteiger partial charge in [-0.15, -0.1) is 0 Å². The van der Waals surface area contributed by atoms with Crippen molar-refractivity contribution in [3.63, 3.8) is 0 Å². The van der Waals surface area contributed by atoms with Crippen LogP contribution in [0.5, 0.6) is 0 Å². The molecule has 2 aliphatic rings. The fraction of sp³-hybridized carbons (Fsp3) is 0.524. The third kappa shape index (κ3) is 2.61. The van der Waals surface area contributed by atoms with Crippen molar-refractivity contribution in [1.82, 2.24) is 14.4 Å². The van der Waals surface area contributed by atoms with Crippen molar-refractivity contribution < 1.29 is 9.59 Å². The summed E-state index contributed by atoms with van der Waals surface area (Å²) in [6, 6.07) is 8.40. The highest BCUT2D eigenvalue weighted by molar-refractivity contribution is 6.08. The average molecular weight is 353 g/mol. The molecule has 2 aromatic rings. The number of aromatic nitrogens is 1. The molecule has 1 aromatic carbocycles. The van der Waals surface area contributed by atoms with E-state index in [0.29, 0.717) is 12.3 Å². The number of likely N-dealkylation sites (tertiary alicyclic amines) is 2. The van der Waals surface area contributed by atoms with Crippen LogP contribution in [0.1, 0.15) is 41.7 Å². The molecule has 2 atom stereocenters. The van der Waals surface area contributed by atoms with E-state index >= 15 is 0 Å².